The molecule has 0 amide bonds. The molecule has 0 atom stereocenters. The maximum atomic E-state index is 4.77. The van der Waals surface area contributed by atoms with Crippen LogP contribution in [0.25, 0.3) is 16.2 Å². The number of aromatic nitrogens is 3. The average Bonchev–Trinajstić information content (AvgIpc) is 2.95. The highest BCUT2D eigenvalue weighted by Gasteiger charge is 2.17. The van der Waals surface area contributed by atoms with E-state index in [1.165, 1.54) is 10.6 Å². The molecule has 0 saturated heterocycles. The van der Waals surface area contributed by atoms with Crippen molar-refractivity contribution in [3.05, 3.63) is 41.0 Å². The largest absolute Gasteiger partial charge is 0.222 e. The van der Waals surface area contributed by atoms with E-state index in [1.807, 2.05) is 10.6 Å². The van der Waals surface area contributed by atoms with Gasteiger partial charge < -0.3 is 0 Å². The van der Waals surface area contributed by atoms with Gasteiger partial charge in [0, 0.05) is 12.0 Å². The Kier molecular flexibility index (Phi) is 3.57. The Morgan fingerprint density at radius 1 is 1.20 bits per heavy atom. The summed E-state index contributed by atoms with van der Waals surface area (Å²) in [4.78, 5) is 5.76. The maximum absolute atomic E-state index is 4.77. The summed E-state index contributed by atoms with van der Waals surface area (Å²) >= 11 is 1.71. The van der Waals surface area contributed by atoms with E-state index in [1.54, 1.807) is 11.3 Å². The van der Waals surface area contributed by atoms with E-state index in [4.69, 9.17) is 10.1 Å². The maximum Gasteiger partial charge on any atom is 0.212 e. The van der Waals surface area contributed by atoms with Crippen LogP contribution in [0.1, 0.15) is 31.5 Å². The third kappa shape index (κ3) is 2.36. The Bertz CT molecular complexity index is 710. The molecule has 3 aromatic rings. The molecule has 0 bridgehead atoms. The zero-order valence-electron chi connectivity index (χ0n) is 12.1. The molecule has 0 saturated carbocycles. The number of aryl methyl sites for hydroxylation is 1. The molecule has 3 rings (SSSR count). The van der Waals surface area contributed by atoms with Gasteiger partial charge >= 0.3 is 0 Å². The highest BCUT2D eigenvalue weighted by molar-refractivity contribution is 7.16. The molecule has 3 nitrogen and oxygen atoms in total. The van der Waals surface area contributed by atoms with Crippen molar-refractivity contribution in [3.8, 4) is 11.3 Å². The number of fused-ring (bicyclic) bond motifs is 1. The molecule has 0 N–H and O–H groups in total. The molecule has 104 valence electrons. The van der Waals surface area contributed by atoms with Crippen LogP contribution in [0.4, 0.5) is 0 Å². The van der Waals surface area contributed by atoms with E-state index in [0.717, 1.165) is 29.2 Å². The summed E-state index contributed by atoms with van der Waals surface area (Å²) < 4.78 is 2.02. The summed E-state index contributed by atoms with van der Waals surface area (Å²) in [5.41, 5.74) is 3.47. The number of hydrogen-bond donors (Lipinski definition) is 0. The molecular formula is C16H19N3S. The summed E-state index contributed by atoms with van der Waals surface area (Å²) in [5.74, 6) is 0.622. The van der Waals surface area contributed by atoms with Crippen molar-refractivity contribution in [2.45, 2.75) is 33.6 Å². The lowest BCUT2D eigenvalue weighted by atomic mass is 10.1. The summed E-state index contributed by atoms with van der Waals surface area (Å²) in [7, 11) is 0. The fourth-order valence-electron chi connectivity index (χ4n) is 2.39. The smallest absolute Gasteiger partial charge is 0.212 e. The van der Waals surface area contributed by atoms with Crippen LogP contribution in [-0.4, -0.2) is 14.6 Å². The SMILES string of the molecule is CCc1nc2sc(CC(C)C)nn2c1-c1ccccc1. The van der Waals surface area contributed by atoms with E-state index in [2.05, 4.69) is 45.0 Å². The molecule has 0 aliphatic carbocycles. The van der Waals surface area contributed by atoms with Crippen LogP contribution in [0.2, 0.25) is 0 Å². The van der Waals surface area contributed by atoms with Crippen LogP contribution in [0.3, 0.4) is 0 Å². The second-order valence-corrected chi connectivity index (χ2v) is 6.46. The van der Waals surface area contributed by atoms with Gasteiger partial charge in [0.25, 0.3) is 0 Å². The lowest BCUT2D eigenvalue weighted by Crippen LogP contribution is -1.97. The first-order valence-electron chi connectivity index (χ1n) is 7.11. The molecular weight excluding hydrogens is 266 g/mol. The molecule has 4 heteroatoms. The highest BCUT2D eigenvalue weighted by atomic mass is 32.1. The number of rotatable bonds is 4. The zero-order valence-corrected chi connectivity index (χ0v) is 12.9. The predicted octanol–water partition coefficient (Wildman–Crippen LogP) is 4.22. The van der Waals surface area contributed by atoms with E-state index >= 15 is 0 Å². The minimum absolute atomic E-state index is 0.622. The van der Waals surface area contributed by atoms with E-state index in [0.29, 0.717) is 5.92 Å². The normalized spacial score (nSPS) is 11.6. The molecule has 0 aliphatic rings. The number of nitrogens with zero attached hydrogens (tertiary/aromatic N) is 3. The first kappa shape index (κ1) is 13.3. The number of benzene rings is 1. The highest BCUT2D eigenvalue weighted by Crippen LogP contribution is 2.28. The van der Waals surface area contributed by atoms with Crippen molar-refractivity contribution < 1.29 is 0 Å². The second kappa shape index (κ2) is 5.37. The van der Waals surface area contributed by atoms with Gasteiger partial charge in [0.1, 0.15) is 5.01 Å². The van der Waals surface area contributed by atoms with Crippen LogP contribution in [0.5, 0.6) is 0 Å². The monoisotopic (exact) mass is 285 g/mol. The Balaban J connectivity index is 2.15. The Morgan fingerprint density at radius 3 is 2.60 bits per heavy atom. The van der Waals surface area contributed by atoms with Gasteiger partial charge in [-0.1, -0.05) is 62.4 Å². The van der Waals surface area contributed by atoms with Crippen molar-refractivity contribution in [2.24, 2.45) is 5.92 Å². The first-order valence-corrected chi connectivity index (χ1v) is 7.93. The van der Waals surface area contributed by atoms with Crippen molar-refractivity contribution in [3.63, 3.8) is 0 Å². The van der Waals surface area contributed by atoms with E-state index in [-0.39, 0.29) is 0 Å². The quantitative estimate of drug-likeness (QED) is 0.718. The van der Waals surface area contributed by atoms with Crippen LogP contribution in [0, 0.1) is 5.92 Å². The van der Waals surface area contributed by atoms with Crippen LogP contribution >= 0.6 is 11.3 Å². The minimum atomic E-state index is 0.622. The minimum Gasteiger partial charge on any atom is -0.222 e. The van der Waals surface area contributed by atoms with Crippen molar-refractivity contribution in [2.75, 3.05) is 0 Å². The zero-order chi connectivity index (χ0) is 14.1. The number of imidazole rings is 1. The molecule has 2 aromatic heterocycles. The van der Waals surface area contributed by atoms with Crippen molar-refractivity contribution >= 4 is 16.3 Å². The van der Waals surface area contributed by atoms with Gasteiger partial charge in [-0.3, -0.25) is 0 Å². The summed E-state index contributed by atoms with van der Waals surface area (Å²) in [6.07, 6.45) is 1.95. The molecule has 0 unspecified atom stereocenters. The lowest BCUT2D eigenvalue weighted by Gasteiger charge is -2.02. The van der Waals surface area contributed by atoms with Gasteiger partial charge in [-0.25, -0.2) is 9.50 Å². The predicted molar refractivity (Wildman–Crippen MR) is 84.2 cm³/mol. The summed E-state index contributed by atoms with van der Waals surface area (Å²) in [6.45, 7) is 6.59. The van der Waals surface area contributed by atoms with Gasteiger partial charge in [-0.15, -0.1) is 0 Å². The Labute approximate surface area is 123 Å². The van der Waals surface area contributed by atoms with Gasteiger partial charge in [0.15, 0.2) is 0 Å². The molecule has 1 aromatic carbocycles. The third-order valence-electron chi connectivity index (χ3n) is 3.28. The molecule has 20 heavy (non-hydrogen) atoms. The summed E-state index contributed by atoms with van der Waals surface area (Å²) in [5, 5.41) is 5.94. The van der Waals surface area contributed by atoms with Crippen molar-refractivity contribution in [1.82, 2.24) is 14.6 Å². The van der Waals surface area contributed by atoms with Gasteiger partial charge in [0.05, 0.1) is 11.4 Å². The molecule has 0 aliphatic heterocycles. The first-order chi connectivity index (χ1) is 9.69. The fraction of sp³-hybridized carbons (Fsp3) is 0.375. The van der Waals surface area contributed by atoms with Crippen LogP contribution in [0.15, 0.2) is 30.3 Å². The van der Waals surface area contributed by atoms with E-state index < -0.39 is 0 Å². The molecule has 2 heterocycles. The van der Waals surface area contributed by atoms with Crippen LogP contribution < -0.4 is 0 Å². The topological polar surface area (TPSA) is 30.2 Å². The standard InChI is InChI=1S/C16H19N3S/c1-4-13-15(12-8-6-5-7-9-12)19-16(17-13)20-14(18-19)10-11(2)3/h5-9,11H,4,10H2,1-3H3. The lowest BCUT2D eigenvalue weighted by molar-refractivity contribution is 0.637. The molecule has 0 radical (unpaired) electrons. The fourth-order valence-corrected chi connectivity index (χ4v) is 3.52. The molecule has 0 fully saturated rings. The van der Waals surface area contributed by atoms with Gasteiger partial charge in [-0.05, 0) is 12.3 Å². The van der Waals surface area contributed by atoms with Gasteiger partial charge in [0.2, 0.25) is 4.96 Å². The average molecular weight is 285 g/mol. The third-order valence-corrected chi connectivity index (χ3v) is 4.21. The Morgan fingerprint density at radius 2 is 1.95 bits per heavy atom. The van der Waals surface area contributed by atoms with Gasteiger partial charge in [-0.2, -0.15) is 5.10 Å². The van der Waals surface area contributed by atoms with Crippen LogP contribution in [-0.2, 0) is 12.8 Å². The second-order valence-electron chi connectivity index (χ2n) is 5.41. The number of hydrogen-bond acceptors (Lipinski definition) is 3. The molecule has 0 spiro atoms. The summed E-state index contributed by atoms with van der Waals surface area (Å²) in [6, 6.07) is 10.4. The van der Waals surface area contributed by atoms with E-state index in [9.17, 15) is 0 Å². The van der Waals surface area contributed by atoms with Crippen molar-refractivity contribution in [1.29, 1.82) is 0 Å². The Hall–Kier alpha value is -1.68.